The van der Waals surface area contributed by atoms with Gasteiger partial charge in [0.2, 0.25) is 17.7 Å². The molecule has 52 heavy (non-hydrogen) atoms. The Kier molecular flexibility index (Phi) is 12.1. The second-order valence-electron chi connectivity index (χ2n) is 14.6. The summed E-state index contributed by atoms with van der Waals surface area (Å²) in [5.41, 5.74) is 1.93. The Morgan fingerprint density at radius 1 is 0.923 bits per heavy atom. The van der Waals surface area contributed by atoms with Gasteiger partial charge in [-0.2, -0.15) is 0 Å². The molecule has 1 aromatic heterocycles. The maximum atomic E-state index is 14.3. The average Bonchev–Trinajstić information content (AvgIpc) is 3.80. The highest BCUT2D eigenvalue weighted by Crippen LogP contribution is 2.32. The summed E-state index contributed by atoms with van der Waals surface area (Å²) in [6.45, 7) is 5.82. The van der Waals surface area contributed by atoms with Crippen molar-refractivity contribution >= 4 is 23.6 Å². The van der Waals surface area contributed by atoms with E-state index in [1.54, 1.807) is 47.1 Å². The van der Waals surface area contributed by atoms with E-state index in [9.17, 15) is 19.2 Å². The quantitative estimate of drug-likeness (QED) is 0.416. The third-order valence-electron chi connectivity index (χ3n) is 10.3. The minimum absolute atomic E-state index is 0.0945. The van der Waals surface area contributed by atoms with Crippen molar-refractivity contribution in [1.82, 2.24) is 35.4 Å². The molecule has 0 spiro atoms. The monoisotopic (exact) mass is 713 g/mol. The number of carbonyl (C=O) groups is 4. The maximum Gasteiger partial charge on any atom is 0.255 e. The van der Waals surface area contributed by atoms with Crippen molar-refractivity contribution in [2.75, 3.05) is 26.7 Å². The van der Waals surface area contributed by atoms with E-state index >= 15 is 0 Å². The molecule has 13 heteroatoms. The fourth-order valence-corrected chi connectivity index (χ4v) is 7.19. The maximum absolute atomic E-state index is 14.3. The molecule has 4 bridgehead atoms. The average molecular weight is 714 g/mol. The molecule has 3 aliphatic heterocycles. The predicted octanol–water partition coefficient (Wildman–Crippen LogP) is 3.76. The second-order valence-corrected chi connectivity index (χ2v) is 14.6. The zero-order valence-corrected chi connectivity index (χ0v) is 30.5. The first kappa shape index (κ1) is 36.8. The van der Waals surface area contributed by atoms with Gasteiger partial charge in [-0.1, -0.05) is 62.6 Å². The lowest BCUT2D eigenvalue weighted by molar-refractivity contribution is -0.148. The van der Waals surface area contributed by atoms with Crippen LogP contribution in [0.3, 0.4) is 0 Å². The number of nitrogens with one attached hydrogen (secondary N) is 2. The lowest BCUT2D eigenvalue weighted by Gasteiger charge is -2.36. The van der Waals surface area contributed by atoms with Crippen molar-refractivity contribution in [2.45, 2.75) is 96.5 Å². The number of hydrogen-bond donors (Lipinski definition) is 2. The number of ether oxygens (including phenoxy) is 2. The number of aromatic nitrogens is 3. The molecule has 4 heterocycles. The molecule has 2 fully saturated rings. The number of rotatable bonds is 4. The molecule has 3 atom stereocenters. The molecule has 1 aliphatic carbocycles. The van der Waals surface area contributed by atoms with E-state index in [1.165, 1.54) is 4.90 Å². The number of para-hydroxylation sites is 1. The van der Waals surface area contributed by atoms with Crippen LogP contribution in [0.5, 0.6) is 11.5 Å². The zero-order valence-electron chi connectivity index (χ0n) is 30.5. The molecular formula is C39H51N7O6. The van der Waals surface area contributed by atoms with Crippen molar-refractivity contribution in [3.8, 4) is 11.5 Å². The molecule has 2 aromatic carbocycles. The van der Waals surface area contributed by atoms with Gasteiger partial charge in [-0.15, -0.1) is 5.10 Å². The normalized spacial score (nSPS) is 22.8. The summed E-state index contributed by atoms with van der Waals surface area (Å²) in [4.78, 5) is 59.1. The predicted molar refractivity (Wildman–Crippen MR) is 193 cm³/mol. The Bertz CT molecular complexity index is 1700. The molecule has 0 unspecified atom stereocenters. The third kappa shape index (κ3) is 9.10. The van der Waals surface area contributed by atoms with E-state index in [0.29, 0.717) is 81.3 Å². The third-order valence-corrected chi connectivity index (χ3v) is 10.3. The van der Waals surface area contributed by atoms with Gasteiger partial charge in [0.1, 0.15) is 48.5 Å². The first-order chi connectivity index (χ1) is 25.2. The van der Waals surface area contributed by atoms with Crippen LogP contribution in [0.25, 0.3) is 0 Å². The van der Waals surface area contributed by atoms with Gasteiger partial charge in [0.05, 0.1) is 18.3 Å². The molecule has 1 saturated carbocycles. The number of likely N-dealkylation sites (N-methyl/N-ethyl adjacent to an activating group) is 1. The van der Waals surface area contributed by atoms with Gasteiger partial charge in [0, 0.05) is 20.1 Å². The van der Waals surface area contributed by atoms with Crippen LogP contribution in [0.1, 0.15) is 80.4 Å². The Balaban J connectivity index is 1.26. The standard InChI is InChI=1S/C39H51N7O6/c1-26(2)22-34-37(48)40-18-17-27-13-15-30(16-14-27)51-21-20-45-24-29(42-43-45)25-52-35-12-5-4-10-31(35)36(47)41-32(23-28-8-6-9-28)38(49)46-19-7-11-33(46)39(50)44(34)3/h4-5,10,12-16,24,26,28,32-34H,6-9,11,17-23,25H2,1-3H3,(H,40,48)(H,41,47)/t32-,33-,34+/m1/s1. The first-order valence-corrected chi connectivity index (χ1v) is 18.6. The highest BCUT2D eigenvalue weighted by Gasteiger charge is 2.42. The molecule has 13 nitrogen and oxygen atoms in total. The summed E-state index contributed by atoms with van der Waals surface area (Å²) in [5, 5.41) is 14.5. The molecule has 3 aromatic rings. The molecular weight excluding hydrogens is 662 g/mol. The van der Waals surface area contributed by atoms with Crippen molar-refractivity contribution in [2.24, 2.45) is 11.8 Å². The molecule has 2 N–H and O–H groups in total. The van der Waals surface area contributed by atoms with Crippen molar-refractivity contribution in [3.63, 3.8) is 0 Å². The van der Waals surface area contributed by atoms with Gasteiger partial charge in [0.25, 0.3) is 5.91 Å². The lowest BCUT2D eigenvalue weighted by atomic mass is 9.80. The van der Waals surface area contributed by atoms with Gasteiger partial charge < -0.3 is 29.9 Å². The number of carbonyl (C=O) groups excluding carboxylic acids is 4. The van der Waals surface area contributed by atoms with Crippen LogP contribution in [0, 0.1) is 11.8 Å². The molecule has 4 aliphatic rings. The number of benzene rings is 2. The van der Waals surface area contributed by atoms with E-state index in [4.69, 9.17) is 9.47 Å². The lowest BCUT2D eigenvalue weighted by Crippen LogP contribution is -2.57. The van der Waals surface area contributed by atoms with Crippen LogP contribution < -0.4 is 20.1 Å². The summed E-state index contributed by atoms with van der Waals surface area (Å²) < 4.78 is 13.7. The minimum Gasteiger partial charge on any atom is -0.492 e. The summed E-state index contributed by atoms with van der Waals surface area (Å²) in [6, 6.07) is 12.5. The van der Waals surface area contributed by atoms with Crippen LogP contribution in [0.2, 0.25) is 0 Å². The molecule has 278 valence electrons. The Hall–Kier alpha value is -4.94. The SMILES string of the molecule is CC(C)C[C@H]1C(=O)NCCc2ccc(cc2)OCCn2cc(nn2)COc2ccccc2C(=O)N[C@H](CC2CCC2)C(=O)N2CCC[C@@H]2C(=O)N1C. The van der Waals surface area contributed by atoms with Gasteiger partial charge in [-0.25, -0.2) is 4.68 Å². The van der Waals surface area contributed by atoms with Crippen LogP contribution in [-0.2, 0) is 34.0 Å². The summed E-state index contributed by atoms with van der Waals surface area (Å²) >= 11 is 0. The highest BCUT2D eigenvalue weighted by atomic mass is 16.5. The van der Waals surface area contributed by atoms with Gasteiger partial charge in [-0.3, -0.25) is 19.2 Å². The highest BCUT2D eigenvalue weighted by molar-refractivity contribution is 6.00. The molecule has 1 saturated heterocycles. The van der Waals surface area contributed by atoms with Crippen LogP contribution >= 0.6 is 0 Å². The van der Waals surface area contributed by atoms with Gasteiger partial charge in [0.15, 0.2) is 0 Å². The number of amides is 4. The van der Waals surface area contributed by atoms with Crippen molar-refractivity contribution in [3.05, 3.63) is 71.5 Å². The van der Waals surface area contributed by atoms with Gasteiger partial charge in [-0.05, 0) is 73.8 Å². The summed E-state index contributed by atoms with van der Waals surface area (Å²) in [5.74, 6) is 0.381. The Morgan fingerprint density at radius 2 is 1.71 bits per heavy atom. The van der Waals surface area contributed by atoms with Crippen LogP contribution in [0.4, 0.5) is 0 Å². The molecule has 7 rings (SSSR count). The molecule has 0 radical (unpaired) electrons. The van der Waals surface area contributed by atoms with E-state index in [-0.39, 0.29) is 30.2 Å². The van der Waals surface area contributed by atoms with Crippen molar-refractivity contribution < 1.29 is 28.7 Å². The largest absolute Gasteiger partial charge is 0.492 e. The Labute approximate surface area is 305 Å². The van der Waals surface area contributed by atoms with E-state index < -0.39 is 24.0 Å². The minimum atomic E-state index is -0.807. The fraction of sp³-hybridized carbons (Fsp3) is 0.538. The number of hydrogen-bond acceptors (Lipinski definition) is 8. The fourth-order valence-electron chi connectivity index (χ4n) is 7.19. The van der Waals surface area contributed by atoms with Gasteiger partial charge >= 0.3 is 0 Å². The number of fused-ring (bicyclic) bond motifs is 14. The summed E-state index contributed by atoms with van der Waals surface area (Å²) in [7, 11) is 1.66. The Morgan fingerprint density at radius 3 is 2.46 bits per heavy atom. The van der Waals surface area contributed by atoms with E-state index in [1.807, 2.05) is 38.1 Å². The smallest absolute Gasteiger partial charge is 0.255 e. The zero-order chi connectivity index (χ0) is 36.6. The number of nitrogens with zero attached hydrogens (tertiary/aromatic N) is 5. The van der Waals surface area contributed by atoms with Crippen molar-refractivity contribution in [1.29, 1.82) is 0 Å². The van der Waals surface area contributed by atoms with E-state index in [0.717, 1.165) is 30.6 Å². The van der Waals surface area contributed by atoms with E-state index in [2.05, 4.69) is 20.9 Å². The van der Waals surface area contributed by atoms with Crippen LogP contribution in [-0.4, -0.2) is 93.3 Å². The first-order valence-electron chi connectivity index (χ1n) is 18.6. The summed E-state index contributed by atoms with van der Waals surface area (Å²) in [6.07, 6.45) is 7.61. The van der Waals surface area contributed by atoms with Crippen LogP contribution in [0.15, 0.2) is 54.7 Å². The second kappa shape index (κ2) is 17.1. The molecule has 4 amide bonds. The topological polar surface area (TPSA) is 148 Å².